The monoisotopic (exact) mass is 459 g/mol. The highest BCUT2D eigenvalue weighted by Gasteiger charge is 2.51. The lowest BCUT2D eigenvalue weighted by atomic mass is 9.96. The van der Waals surface area contributed by atoms with Gasteiger partial charge in [0.15, 0.2) is 0 Å². The molecule has 4 rings (SSSR count). The van der Waals surface area contributed by atoms with Crippen molar-refractivity contribution in [3.8, 4) is 0 Å². The number of hydrogen-bond donors (Lipinski definition) is 2. The van der Waals surface area contributed by atoms with Crippen molar-refractivity contribution >= 4 is 29.4 Å². The van der Waals surface area contributed by atoms with E-state index >= 15 is 0 Å². The quantitative estimate of drug-likeness (QED) is 0.523. The Balaban J connectivity index is 1.61. The zero-order valence-corrected chi connectivity index (χ0v) is 18.2. The summed E-state index contributed by atoms with van der Waals surface area (Å²) >= 11 is 1.43. The molecule has 2 aliphatic rings. The molecule has 4 unspecified atom stereocenters. The molecule has 2 aromatic rings. The molecule has 0 bridgehead atoms. The van der Waals surface area contributed by atoms with Gasteiger partial charge in [-0.1, -0.05) is 24.3 Å². The van der Waals surface area contributed by atoms with Crippen LogP contribution in [0.3, 0.4) is 0 Å². The number of nitrogens with one attached hydrogen (secondary N) is 2. The number of nitro benzene ring substituents is 1. The molecule has 11 heteroatoms. The lowest BCUT2D eigenvalue weighted by Gasteiger charge is -2.50. The zero-order valence-electron chi connectivity index (χ0n) is 17.4. The van der Waals surface area contributed by atoms with Crippen LogP contribution in [0.5, 0.6) is 0 Å². The predicted molar refractivity (Wildman–Crippen MR) is 117 cm³/mol. The van der Waals surface area contributed by atoms with Gasteiger partial charge in [0.25, 0.3) is 5.69 Å². The van der Waals surface area contributed by atoms with Gasteiger partial charge in [-0.2, -0.15) is 0 Å². The molecule has 2 aromatic carbocycles. The molecule has 0 radical (unpaired) electrons. The van der Waals surface area contributed by atoms with Crippen molar-refractivity contribution in [2.24, 2.45) is 5.92 Å². The number of imide groups is 1. The maximum atomic E-state index is 13.4. The Morgan fingerprint density at radius 1 is 1.12 bits per heavy atom. The Morgan fingerprint density at radius 2 is 1.84 bits per heavy atom. The van der Waals surface area contributed by atoms with Crippen LogP contribution in [-0.2, 0) is 10.5 Å². The van der Waals surface area contributed by atoms with Crippen LogP contribution >= 0.6 is 11.8 Å². The van der Waals surface area contributed by atoms with E-state index in [0.29, 0.717) is 5.75 Å². The van der Waals surface area contributed by atoms with E-state index in [1.165, 1.54) is 48.0 Å². The molecule has 2 aliphatic heterocycles. The van der Waals surface area contributed by atoms with Crippen molar-refractivity contribution in [1.29, 1.82) is 0 Å². The molecule has 32 heavy (non-hydrogen) atoms. The number of hydrogen-bond acceptors (Lipinski definition) is 7. The first-order valence-electron chi connectivity index (χ1n) is 9.93. The molecule has 0 spiro atoms. The number of urea groups is 1. The second-order valence-corrected chi connectivity index (χ2v) is 8.87. The van der Waals surface area contributed by atoms with Gasteiger partial charge in [0.1, 0.15) is 5.82 Å². The minimum absolute atomic E-state index is 0.00208. The third-order valence-electron chi connectivity index (χ3n) is 5.71. The SMILES string of the molecule is CN1C(=O)C2C(SCc3cccc([N+](=O)[O-])c3)NC(c3ccc(F)cc3)NC2N(C)C1=O. The summed E-state index contributed by atoms with van der Waals surface area (Å²) in [6.07, 6.45) is -0.990. The van der Waals surface area contributed by atoms with E-state index in [-0.39, 0.29) is 17.4 Å². The molecule has 2 saturated heterocycles. The normalized spacial score (nSPS) is 25.6. The number of carbonyl (C=O) groups excluding carboxylic acids is 2. The fraction of sp³-hybridized carbons (Fsp3) is 0.333. The molecule has 9 nitrogen and oxygen atoms in total. The van der Waals surface area contributed by atoms with Gasteiger partial charge in [0.2, 0.25) is 5.91 Å². The van der Waals surface area contributed by atoms with Gasteiger partial charge < -0.3 is 4.90 Å². The fourth-order valence-electron chi connectivity index (χ4n) is 3.99. The molecule has 2 fully saturated rings. The summed E-state index contributed by atoms with van der Waals surface area (Å²) in [5.41, 5.74) is 1.51. The average molecular weight is 460 g/mol. The topological polar surface area (TPSA) is 108 Å². The van der Waals surface area contributed by atoms with E-state index in [9.17, 15) is 24.1 Å². The summed E-state index contributed by atoms with van der Waals surface area (Å²) in [5, 5.41) is 17.4. The zero-order chi connectivity index (χ0) is 23.0. The van der Waals surface area contributed by atoms with E-state index in [2.05, 4.69) is 10.6 Å². The second kappa shape index (κ2) is 8.85. The maximum Gasteiger partial charge on any atom is 0.327 e. The molecule has 4 atom stereocenters. The summed E-state index contributed by atoms with van der Waals surface area (Å²) in [6.45, 7) is 0. The van der Waals surface area contributed by atoms with Crippen molar-refractivity contribution in [2.75, 3.05) is 14.1 Å². The molecular weight excluding hydrogens is 437 g/mol. The van der Waals surface area contributed by atoms with Gasteiger partial charge in [-0.3, -0.25) is 30.4 Å². The highest BCUT2D eigenvalue weighted by atomic mass is 32.2. The number of carbonyl (C=O) groups is 2. The van der Waals surface area contributed by atoms with Crippen LogP contribution in [0.15, 0.2) is 48.5 Å². The number of benzene rings is 2. The standard InChI is InChI=1S/C21H22FN5O4S/c1-25-18-16(20(28)26(2)21(25)29)19(24-17(23-18)13-6-8-14(22)9-7-13)32-11-12-4-3-5-15(10-12)27(30)31/h3-10,16-19,23-24H,11H2,1-2H3. The number of non-ortho nitro benzene ring substituents is 1. The number of amides is 3. The predicted octanol–water partition coefficient (Wildman–Crippen LogP) is 2.65. The lowest BCUT2D eigenvalue weighted by molar-refractivity contribution is -0.384. The van der Waals surface area contributed by atoms with Crippen molar-refractivity contribution in [1.82, 2.24) is 20.4 Å². The van der Waals surface area contributed by atoms with Crippen LogP contribution in [0.1, 0.15) is 17.3 Å². The first kappa shape index (κ1) is 22.2. The van der Waals surface area contributed by atoms with Gasteiger partial charge in [0, 0.05) is 32.0 Å². The van der Waals surface area contributed by atoms with Crippen molar-refractivity contribution in [3.63, 3.8) is 0 Å². The first-order chi connectivity index (χ1) is 15.3. The van der Waals surface area contributed by atoms with E-state index < -0.39 is 34.6 Å². The fourth-order valence-corrected chi connectivity index (χ4v) is 5.25. The molecule has 168 valence electrons. The molecule has 3 amide bonds. The van der Waals surface area contributed by atoms with E-state index in [1.54, 1.807) is 31.3 Å². The van der Waals surface area contributed by atoms with Gasteiger partial charge in [-0.15, -0.1) is 11.8 Å². The number of nitro groups is 1. The van der Waals surface area contributed by atoms with E-state index in [1.807, 2.05) is 0 Å². The summed E-state index contributed by atoms with van der Waals surface area (Å²) in [6, 6.07) is 11.9. The van der Waals surface area contributed by atoms with E-state index in [0.717, 1.165) is 16.0 Å². The molecular formula is C21H22FN5O4S. The van der Waals surface area contributed by atoms with Crippen LogP contribution in [0.2, 0.25) is 0 Å². The van der Waals surface area contributed by atoms with Crippen LogP contribution < -0.4 is 10.6 Å². The summed E-state index contributed by atoms with van der Waals surface area (Å²) in [5.74, 6) is -0.830. The minimum Gasteiger partial charge on any atom is -0.311 e. The number of nitrogens with zero attached hydrogens (tertiary/aromatic N) is 3. The average Bonchev–Trinajstić information content (AvgIpc) is 2.80. The van der Waals surface area contributed by atoms with Gasteiger partial charge in [0.05, 0.1) is 28.5 Å². The highest BCUT2D eigenvalue weighted by Crippen LogP contribution is 2.35. The number of rotatable bonds is 5. The number of thioether (sulfide) groups is 1. The van der Waals surface area contributed by atoms with Crippen LogP contribution in [0.4, 0.5) is 14.9 Å². The molecule has 0 saturated carbocycles. The van der Waals surface area contributed by atoms with E-state index in [4.69, 9.17) is 0 Å². The Labute approximate surface area is 188 Å². The largest absolute Gasteiger partial charge is 0.327 e. The smallest absolute Gasteiger partial charge is 0.311 e. The maximum absolute atomic E-state index is 13.4. The Morgan fingerprint density at radius 3 is 2.53 bits per heavy atom. The Hall–Kier alpha value is -3.02. The lowest BCUT2D eigenvalue weighted by Crippen LogP contribution is -2.72. The van der Waals surface area contributed by atoms with Crippen molar-refractivity contribution in [3.05, 3.63) is 75.6 Å². The summed E-state index contributed by atoms with van der Waals surface area (Å²) < 4.78 is 13.4. The second-order valence-electron chi connectivity index (χ2n) is 7.74. The van der Waals surface area contributed by atoms with Crippen molar-refractivity contribution in [2.45, 2.75) is 23.5 Å². The number of fused-ring (bicyclic) bond motifs is 1. The Kier molecular flexibility index (Phi) is 6.13. The van der Waals surface area contributed by atoms with Gasteiger partial charge >= 0.3 is 6.03 Å². The third kappa shape index (κ3) is 4.18. The van der Waals surface area contributed by atoms with Crippen LogP contribution in [-0.4, -0.2) is 52.3 Å². The van der Waals surface area contributed by atoms with Crippen LogP contribution in [0.25, 0.3) is 0 Å². The highest BCUT2D eigenvalue weighted by molar-refractivity contribution is 7.99. The van der Waals surface area contributed by atoms with Gasteiger partial charge in [-0.25, -0.2) is 9.18 Å². The van der Waals surface area contributed by atoms with Crippen LogP contribution in [0, 0.1) is 21.8 Å². The minimum atomic E-state index is -0.580. The first-order valence-corrected chi connectivity index (χ1v) is 11.0. The van der Waals surface area contributed by atoms with Crippen molar-refractivity contribution < 1.29 is 18.9 Å². The van der Waals surface area contributed by atoms with Gasteiger partial charge in [-0.05, 0) is 23.3 Å². The number of halogens is 1. The molecule has 2 heterocycles. The summed E-state index contributed by atoms with van der Waals surface area (Å²) in [7, 11) is 3.08. The summed E-state index contributed by atoms with van der Waals surface area (Å²) in [4.78, 5) is 38.8. The molecule has 2 N–H and O–H groups in total. The molecule has 0 aliphatic carbocycles. The molecule has 0 aromatic heterocycles. The third-order valence-corrected chi connectivity index (χ3v) is 7.00. The Bertz CT molecular complexity index is 1050.